The van der Waals surface area contributed by atoms with E-state index in [0.29, 0.717) is 5.92 Å². The monoisotopic (exact) mass is 366 g/mol. The van der Waals surface area contributed by atoms with Gasteiger partial charge in [0.2, 0.25) is 4.96 Å². The first kappa shape index (κ1) is 16.0. The number of rotatable bonds is 2. The van der Waals surface area contributed by atoms with Crippen LogP contribution >= 0.6 is 11.3 Å². The minimum absolute atomic E-state index is 0.567. The van der Waals surface area contributed by atoms with Gasteiger partial charge in [-0.2, -0.15) is 10.2 Å². The van der Waals surface area contributed by atoms with E-state index >= 15 is 0 Å². The molecule has 1 aromatic carbocycles. The standard InChI is InChI=1S/C19H22N6S/c1-12-8-14(9-15-10-24(3)21-17(12)15)18-22-25-11-16(20-19(25)26-18)13-4-6-23(2)7-5-13/h8-11,13H,4-7H2,1-3H3. The molecule has 5 rings (SSSR count). The van der Waals surface area contributed by atoms with E-state index in [-0.39, 0.29) is 0 Å². The summed E-state index contributed by atoms with van der Waals surface area (Å²) in [6, 6.07) is 4.34. The second-order valence-corrected chi connectivity index (χ2v) is 8.37. The van der Waals surface area contributed by atoms with Gasteiger partial charge in [-0.3, -0.25) is 4.68 Å². The Bertz CT molecular complexity index is 1060. The first-order chi connectivity index (χ1) is 12.6. The third-order valence-corrected chi connectivity index (χ3v) is 6.33. The normalized spacial score (nSPS) is 16.9. The highest BCUT2D eigenvalue weighted by Gasteiger charge is 2.22. The van der Waals surface area contributed by atoms with Crippen LogP contribution < -0.4 is 0 Å². The minimum atomic E-state index is 0.567. The summed E-state index contributed by atoms with van der Waals surface area (Å²) in [7, 11) is 4.15. The van der Waals surface area contributed by atoms with Crippen LogP contribution in [0.4, 0.5) is 0 Å². The van der Waals surface area contributed by atoms with Crippen molar-refractivity contribution in [3.63, 3.8) is 0 Å². The molecule has 3 aromatic heterocycles. The van der Waals surface area contributed by atoms with Gasteiger partial charge in [0.25, 0.3) is 0 Å². The van der Waals surface area contributed by atoms with Crippen molar-refractivity contribution in [1.29, 1.82) is 0 Å². The first-order valence-corrected chi connectivity index (χ1v) is 9.87. The molecule has 6 nitrogen and oxygen atoms in total. The molecule has 0 bridgehead atoms. The van der Waals surface area contributed by atoms with Gasteiger partial charge in [-0.1, -0.05) is 11.3 Å². The number of aromatic nitrogens is 5. The van der Waals surface area contributed by atoms with Crippen molar-refractivity contribution >= 4 is 27.2 Å². The third-order valence-electron chi connectivity index (χ3n) is 5.36. The number of aryl methyl sites for hydroxylation is 2. The van der Waals surface area contributed by atoms with Crippen molar-refractivity contribution in [3.05, 3.63) is 35.8 Å². The van der Waals surface area contributed by atoms with Crippen molar-refractivity contribution in [2.75, 3.05) is 20.1 Å². The number of hydrogen-bond donors (Lipinski definition) is 0. The minimum Gasteiger partial charge on any atom is -0.306 e. The predicted molar refractivity (Wildman–Crippen MR) is 105 cm³/mol. The highest BCUT2D eigenvalue weighted by atomic mass is 32.1. The average molecular weight is 366 g/mol. The van der Waals surface area contributed by atoms with Gasteiger partial charge in [0.15, 0.2) is 0 Å². The number of hydrogen-bond acceptors (Lipinski definition) is 5. The van der Waals surface area contributed by atoms with Crippen LogP contribution in [0.1, 0.15) is 30.0 Å². The Balaban J connectivity index is 1.49. The van der Waals surface area contributed by atoms with Crippen molar-refractivity contribution in [3.8, 4) is 10.6 Å². The Morgan fingerprint density at radius 1 is 1.08 bits per heavy atom. The lowest BCUT2D eigenvalue weighted by atomic mass is 9.94. The number of piperidine rings is 1. The summed E-state index contributed by atoms with van der Waals surface area (Å²) >= 11 is 1.66. The number of nitrogens with zero attached hydrogens (tertiary/aromatic N) is 6. The second-order valence-electron chi connectivity index (χ2n) is 7.41. The quantitative estimate of drug-likeness (QED) is 0.545. The van der Waals surface area contributed by atoms with E-state index in [0.717, 1.165) is 39.5 Å². The first-order valence-electron chi connectivity index (χ1n) is 9.06. The molecule has 0 amide bonds. The zero-order valence-corrected chi connectivity index (χ0v) is 16.1. The number of imidazole rings is 1. The Kier molecular flexibility index (Phi) is 3.62. The van der Waals surface area contributed by atoms with Crippen LogP contribution in [-0.2, 0) is 7.05 Å². The number of benzene rings is 1. The average Bonchev–Trinajstić information content (AvgIpc) is 3.27. The van der Waals surface area contributed by atoms with Gasteiger partial charge in [0.1, 0.15) is 5.01 Å². The zero-order chi connectivity index (χ0) is 17.8. The molecule has 0 N–H and O–H groups in total. The highest BCUT2D eigenvalue weighted by Crippen LogP contribution is 2.32. The van der Waals surface area contributed by atoms with Crippen molar-refractivity contribution in [1.82, 2.24) is 29.3 Å². The zero-order valence-electron chi connectivity index (χ0n) is 15.3. The summed E-state index contributed by atoms with van der Waals surface area (Å²) < 4.78 is 3.82. The van der Waals surface area contributed by atoms with Crippen LogP contribution in [0.3, 0.4) is 0 Å². The molecule has 1 fully saturated rings. The predicted octanol–water partition coefficient (Wildman–Crippen LogP) is 3.46. The molecule has 1 aliphatic heterocycles. The molecule has 1 aliphatic rings. The van der Waals surface area contributed by atoms with Gasteiger partial charge < -0.3 is 4.90 Å². The Morgan fingerprint density at radius 3 is 2.65 bits per heavy atom. The van der Waals surface area contributed by atoms with Crippen LogP contribution in [0.15, 0.2) is 24.5 Å². The lowest BCUT2D eigenvalue weighted by molar-refractivity contribution is 0.253. The van der Waals surface area contributed by atoms with Gasteiger partial charge in [-0.15, -0.1) is 0 Å². The van der Waals surface area contributed by atoms with Crippen molar-refractivity contribution < 1.29 is 0 Å². The topological polar surface area (TPSA) is 51.2 Å². The Hall–Kier alpha value is -2.25. The second kappa shape index (κ2) is 5.89. The Labute approximate surface area is 156 Å². The number of likely N-dealkylation sites (tertiary alicyclic amines) is 1. The van der Waals surface area contributed by atoms with Crippen LogP contribution in [0.5, 0.6) is 0 Å². The summed E-state index contributed by atoms with van der Waals surface area (Å²) in [5.74, 6) is 0.567. The summed E-state index contributed by atoms with van der Waals surface area (Å²) in [6.45, 7) is 4.41. The molecule has 4 heterocycles. The van der Waals surface area contributed by atoms with Gasteiger partial charge >= 0.3 is 0 Å². The van der Waals surface area contributed by atoms with Crippen molar-refractivity contribution in [2.24, 2.45) is 7.05 Å². The van der Waals surface area contributed by atoms with E-state index in [1.54, 1.807) is 11.3 Å². The molecule has 26 heavy (non-hydrogen) atoms. The summed E-state index contributed by atoms with van der Waals surface area (Å²) in [5, 5.41) is 11.5. The van der Waals surface area contributed by atoms with E-state index in [1.165, 1.54) is 24.1 Å². The SMILES string of the molecule is Cc1cc(-c2nn3cc(C4CCN(C)CC4)nc3s2)cc2cn(C)nc12. The van der Waals surface area contributed by atoms with Gasteiger partial charge in [-0.05, 0) is 57.6 Å². The van der Waals surface area contributed by atoms with E-state index in [4.69, 9.17) is 10.1 Å². The third kappa shape index (κ3) is 2.62. The fraction of sp³-hybridized carbons (Fsp3) is 0.421. The smallest absolute Gasteiger partial charge is 0.212 e. The van der Waals surface area contributed by atoms with Crippen LogP contribution in [-0.4, -0.2) is 49.4 Å². The molecule has 134 valence electrons. The van der Waals surface area contributed by atoms with Crippen LogP contribution in [0.25, 0.3) is 26.4 Å². The molecule has 7 heteroatoms. The molecule has 0 spiro atoms. The molecule has 0 saturated carbocycles. The molecular formula is C19H22N6S. The maximum atomic E-state index is 4.88. The fourth-order valence-electron chi connectivity index (χ4n) is 3.89. The Morgan fingerprint density at radius 2 is 1.88 bits per heavy atom. The molecule has 0 unspecified atom stereocenters. The number of fused-ring (bicyclic) bond motifs is 2. The van der Waals surface area contributed by atoms with E-state index in [2.05, 4.69) is 48.5 Å². The lowest BCUT2D eigenvalue weighted by Gasteiger charge is -2.27. The molecular weight excluding hydrogens is 344 g/mol. The maximum Gasteiger partial charge on any atom is 0.212 e. The molecule has 4 aromatic rings. The van der Waals surface area contributed by atoms with Gasteiger partial charge in [-0.25, -0.2) is 9.50 Å². The van der Waals surface area contributed by atoms with Crippen LogP contribution in [0, 0.1) is 6.92 Å². The van der Waals surface area contributed by atoms with E-state index in [1.807, 2.05) is 16.2 Å². The summed E-state index contributed by atoms with van der Waals surface area (Å²) in [4.78, 5) is 8.26. The summed E-state index contributed by atoms with van der Waals surface area (Å²) in [6.07, 6.45) is 6.56. The van der Waals surface area contributed by atoms with E-state index in [9.17, 15) is 0 Å². The highest BCUT2D eigenvalue weighted by molar-refractivity contribution is 7.19. The van der Waals surface area contributed by atoms with Gasteiger partial charge in [0.05, 0.1) is 17.4 Å². The molecule has 0 aliphatic carbocycles. The van der Waals surface area contributed by atoms with E-state index < -0.39 is 0 Å². The summed E-state index contributed by atoms with van der Waals surface area (Å²) in [5.41, 5.74) is 4.57. The molecule has 0 atom stereocenters. The van der Waals surface area contributed by atoms with Crippen LogP contribution in [0.2, 0.25) is 0 Å². The molecule has 0 radical (unpaired) electrons. The van der Waals surface area contributed by atoms with Crippen molar-refractivity contribution in [2.45, 2.75) is 25.7 Å². The maximum absolute atomic E-state index is 4.88. The van der Waals surface area contributed by atoms with Gasteiger partial charge in [0, 0.05) is 30.1 Å². The lowest BCUT2D eigenvalue weighted by Crippen LogP contribution is -2.29. The largest absolute Gasteiger partial charge is 0.306 e. The fourth-order valence-corrected chi connectivity index (χ4v) is 4.76. The molecule has 1 saturated heterocycles.